The quantitative estimate of drug-likeness (QED) is 0.565. The van der Waals surface area contributed by atoms with E-state index >= 15 is 0 Å². The van der Waals surface area contributed by atoms with Gasteiger partial charge in [0, 0.05) is 24.9 Å². The molecule has 9 heteroatoms. The van der Waals surface area contributed by atoms with Crippen LogP contribution in [0.1, 0.15) is 10.4 Å². The predicted octanol–water partition coefficient (Wildman–Crippen LogP) is 1.06. The van der Waals surface area contributed by atoms with Gasteiger partial charge in [-0.2, -0.15) is 5.10 Å². The lowest BCUT2D eigenvalue weighted by molar-refractivity contribution is 0.102. The van der Waals surface area contributed by atoms with Crippen LogP contribution >= 0.6 is 0 Å². The molecule has 3 heterocycles. The van der Waals surface area contributed by atoms with E-state index < -0.39 is 5.91 Å². The van der Waals surface area contributed by atoms with Gasteiger partial charge in [-0.05, 0) is 18.2 Å². The standard InChI is InChI=1S/C18H14N6O3/c1-23-7-6-11(8-15(23)25)17(26)22-13-4-2-3-5-14(13)24-16-12(9-21-24)18(27)20-10-19-16/h2-10H,1H3,(H,22,26)(H,19,20,27). The van der Waals surface area contributed by atoms with Crippen LogP contribution in [-0.4, -0.2) is 30.2 Å². The van der Waals surface area contributed by atoms with Gasteiger partial charge in [0.25, 0.3) is 17.0 Å². The molecular weight excluding hydrogens is 348 g/mol. The Bertz CT molecular complexity index is 1280. The summed E-state index contributed by atoms with van der Waals surface area (Å²) in [7, 11) is 1.61. The maximum Gasteiger partial charge on any atom is 0.261 e. The van der Waals surface area contributed by atoms with E-state index in [0.717, 1.165) is 0 Å². The molecule has 0 saturated carbocycles. The SMILES string of the molecule is Cn1ccc(C(=O)Nc2ccccc2-n2ncc3c(=O)[nH]cnc32)cc1=O. The average molecular weight is 362 g/mol. The van der Waals surface area contributed by atoms with E-state index in [1.807, 2.05) is 0 Å². The molecule has 2 N–H and O–H groups in total. The van der Waals surface area contributed by atoms with E-state index in [9.17, 15) is 14.4 Å². The van der Waals surface area contributed by atoms with Crippen molar-refractivity contribution in [3.05, 3.63) is 81.4 Å². The van der Waals surface area contributed by atoms with Crippen molar-refractivity contribution >= 4 is 22.6 Å². The summed E-state index contributed by atoms with van der Waals surface area (Å²) < 4.78 is 2.86. The average Bonchev–Trinajstić information content (AvgIpc) is 3.10. The van der Waals surface area contributed by atoms with Crippen LogP contribution < -0.4 is 16.4 Å². The molecule has 3 aromatic heterocycles. The van der Waals surface area contributed by atoms with Crippen molar-refractivity contribution in [3.63, 3.8) is 0 Å². The Morgan fingerprint density at radius 2 is 2.00 bits per heavy atom. The van der Waals surface area contributed by atoms with Crippen LogP contribution in [0.2, 0.25) is 0 Å². The van der Waals surface area contributed by atoms with E-state index in [4.69, 9.17) is 0 Å². The second-order valence-electron chi connectivity index (χ2n) is 5.86. The number of hydrogen-bond acceptors (Lipinski definition) is 5. The Balaban J connectivity index is 1.76. The Hall–Kier alpha value is -4.01. The normalized spacial score (nSPS) is 10.9. The van der Waals surface area contributed by atoms with Crippen LogP contribution in [0.4, 0.5) is 5.69 Å². The van der Waals surface area contributed by atoms with Crippen LogP contribution in [0.3, 0.4) is 0 Å². The highest BCUT2D eigenvalue weighted by molar-refractivity contribution is 6.05. The van der Waals surface area contributed by atoms with Crippen molar-refractivity contribution < 1.29 is 4.79 Å². The minimum Gasteiger partial charge on any atom is -0.320 e. The van der Waals surface area contributed by atoms with E-state index in [1.165, 1.54) is 34.0 Å². The molecular formula is C18H14N6O3. The van der Waals surface area contributed by atoms with Crippen molar-refractivity contribution in [2.45, 2.75) is 0 Å². The number of carbonyl (C=O) groups is 1. The number of hydrogen-bond donors (Lipinski definition) is 2. The maximum atomic E-state index is 12.6. The smallest absolute Gasteiger partial charge is 0.261 e. The zero-order chi connectivity index (χ0) is 19.0. The van der Waals surface area contributed by atoms with Gasteiger partial charge in [-0.25, -0.2) is 9.67 Å². The number of benzene rings is 1. The van der Waals surface area contributed by atoms with Gasteiger partial charge >= 0.3 is 0 Å². The van der Waals surface area contributed by atoms with Gasteiger partial charge in [-0.1, -0.05) is 12.1 Å². The molecule has 0 aliphatic rings. The molecule has 0 bridgehead atoms. The number of fused-ring (bicyclic) bond motifs is 1. The van der Waals surface area contributed by atoms with E-state index in [0.29, 0.717) is 22.4 Å². The third-order valence-electron chi connectivity index (χ3n) is 4.12. The summed E-state index contributed by atoms with van der Waals surface area (Å²) in [6.07, 6.45) is 4.24. The largest absolute Gasteiger partial charge is 0.320 e. The second kappa shape index (κ2) is 6.37. The molecule has 9 nitrogen and oxygen atoms in total. The van der Waals surface area contributed by atoms with Crippen molar-refractivity contribution in [1.29, 1.82) is 0 Å². The molecule has 0 radical (unpaired) electrons. The summed E-state index contributed by atoms with van der Waals surface area (Å²) >= 11 is 0. The van der Waals surface area contributed by atoms with Gasteiger partial charge in [0.05, 0.1) is 23.9 Å². The van der Waals surface area contributed by atoms with Gasteiger partial charge in [0.15, 0.2) is 5.65 Å². The molecule has 27 heavy (non-hydrogen) atoms. The number of pyridine rings is 1. The molecule has 4 rings (SSSR count). The summed E-state index contributed by atoms with van der Waals surface area (Å²) in [5.74, 6) is -0.428. The molecule has 0 saturated heterocycles. The Morgan fingerprint density at radius 3 is 2.81 bits per heavy atom. The first-order valence-electron chi connectivity index (χ1n) is 8.03. The van der Waals surface area contributed by atoms with Gasteiger partial charge < -0.3 is 14.9 Å². The topological polar surface area (TPSA) is 115 Å². The molecule has 134 valence electrons. The van der Waals surface area contributed by atoms with Gasteiger partial charge in [-0.15, -0.1) is 0 Å². The summed E-state index contributed by atoms with van der Waals surface area (Å²) in [5, 5.41) is 7.34. The number of para-hydroxylation sites is 2. The first-order valence-corrected chi connectivity index (χ1v) is 8.03. The lowest BCUT2D eigenvalue weighted by Crippen LogP contribution is -2.20. The first kappa shape index (κ1) is 16.5. The van der Waals surface area contributed by atoms with Crippen molar-refractivity contribution in [2.24, 2.45) is 7.05 Å². The molecule has 0 spiro atoms. The zero-order valence-corrected chi connectivity index (χ0v) is 14.2. The number of aromatic amines is 1. The Kier molecular flexibility index (Phi) is 3.88. The maximum absolute atomic E-state index is 12.6. The zero-order valence-electron chi connectivity index (χ0n) is 14.2. The number of nitrogens with zero attached hydrogens (tertiary/aromatic N) is 4. The van der Waals surface area contributed by atoms with Crippen molar-refractivity contribution in [1.82, 2.24) is 24.3 Å². The lowest BCUT2D eigenvalue weighted by Gasteiger charge is -2.11. The number of aromatic nitrogens is 5. The predicted molar refractivity (Wildman–Crippen MR) is 99.1 cm³/mol. The van der Waals surface area contributed by atoms with E-state index in [1.54, 1.807) is 37.4 Å². The summed E-state index contributed by atoms with van der Waals surface area (Å²) in [6.45, 7) is 0. The number of anilines is 1. The van der Waals surface area contributed by atoms with Crippen LogP contribution in [-0.2, 0) is 7.05 Å². The minimum atomic E-state index is -0.428. The van der Waals surface area contributed by atoms with Gasteiger partial charge in [0.2, 0.25) is 0 Å². The van der Waals surface area contributed by atoms with Crippen LogP contribution in [0.15, 0.2) is 64.7 Å². The summed E-state index contributed by atoms with van der Waals surface area (Å²) in [6, 6.07) is 9.81. The number of amides is 1. The Labute approximate surface area is 151 Å². The van der Waals surface area contributed by atoms with Gasteiger partial charge in [-0.3, -0.25) is 14.4 Å². The molecule has 1 amide bonds. The minimum absolute atomic E-state index is 0.243. The fourth-order valence-corrected chi connectivity index (χ4v) is 2.68. The number of carbonyl (C=O) groups excluding carboxylic acids is 1. The number of rotatable bonds is 3. The summed E-state index contributed by atoms with van der Waals surface area (Å²) in [4.78, 5) is 42.9. The monoisotopic (exact) mass is 362 g/mol. The van der Waals surface area contributed by atoms with E-state index in [-0.39, 0.29) is 16.7 Å². The van der Waals surface area contributed by atoms with E-state index in [2.05, 4.69) is 20.4 Å². The van der Waals surface area contributed by atoms with Crippen LogP contribution in [0.25, 0.3) is 16.7 Å². The molecule has 4 aromatic rings. The summed E-state index contributed by atoms with van der Waals surface area (Å²) in [5.41, 5.74) is 1.05. The molecule has 0 aliphatic carbocycles. The third-order valence-corrected chi connectivity index (χ3v) is 4.12. The molecule has 1 aromatic carbocycles. The number of nitrogens with one attached hydrogen (secondary N) is 2. The second-order valence-corrected chi connectivity index (χ2v) is 5.86. The molecule has 0 atom stereocenters. The van der Waals surface area contributed by atoms with Crippen LogP contribution in [0, 0.1) is 0 Å². The fourth-order valence-electron chi connectivity index (χ4n) is 2.68. The highest BCUT2D eigenvalue weighted by atomic mass is 16.2. The molecule has 0 aliphatic heterocycles. The number of aryl methyl sites for hydroxylation is 1. The van der Waals surface area contributed by atoms with Gasteiger partial charge in [0.1, 0.15) is 5.39 Å². The highest BCUT2D eigenvalue weighted by Gasteiger charge is 2.14. The van der Waals surface area contributed by atoms with Crippen molar-refractivity contribution in [2.75, 3.05) is 5.32 Å². The van der Waals surface area contributed by atoms with Crippen LogP contribution in [0.5, 0.6) is 0 Å². The fraction of sp³-hybridized carbons (Fsp3) is 0.0556. The third kappa shape index (κ3) is 2.91. The highest BCUT2D eigenvalue weighted by Crippen LogP contribution is 2.22. The van der Waals surface area contributed by atoms with Crippen molar-refractivity contribution in [3.8, 4) is 5.69 Å². The molecule has 0 unspecified atom stereocenters. The lowest BCUT2D eigenvalue weighted by atomic mass is 10.2. The Morgan fingerprint density at radius 1 is 1.19 bits per heavy atom. The number of H-pyrrole nitrogens is 1. The molecule has 0 fully saturated rings. The first-order chi connectivity index (χ1) is 13.0.